The van der Waals surface area contributed by atoms with Crippen molar-refractivity contribution in [1.29, 1.82) is 0 Å². The van der Waals surface area contributed by atoms with Gasteiger partial charge in [-0.1, -0.05) is 29.8 Å². The Morgan fingerprint density at radius 1 is 1.15 bits per heavy atom. The number of rotatable bonds is 7. The summed E-state index contributed by atoms with van der Waals surface area (Å²) < 4.78 is 3.16. The number of carbonyl (C=O) groups excluding carboxylic acids is 1. The Hall–Kier alpha value is -3.49. The second kappa shape index (κ2) is 7.81. The Balaban J connectivity index is 1.52. The molecule has 9 nitrogen and oxygen atoms in total. The number of aromatic nitrogens is 4. The molecule has 1 aromatic carbocycles. The fourth-order valence-corrected chi connectivity index (χ4v) is 2.62. The van der Waals surface area contributed by atoms with Crippen molar-refractivity contribution in [3.8, 4) is 0 Å². The molecule has 3 rings (SSSR count). The molecule has 1 amide bonds. The minimum atomic E-state index is -0.487. The van der Waals surface area contributed by atoms with Gasteiger partial charge in [-0.05, 0) is 19.4 Å². The van der Waals surface area contributed by atoms with Crippen LogP contribution in [0.4, 0.5) is 11.5 Å². The van der Waals surface area contributed by atoms with Crippen LogP contribution in [0.25, 0.3) is 0 Å². The van der Waals surface area contributed by atoms with Crippen LogP contribution in [-0.2, 0) is 17.9 Å². The number of anilines is 1. The predicted molar refractivity (Wildman–Crippen MR) is 99.4 cm³/mol. The number of carbonyl (C=O) groups is 1. The lowest BCUT2D eigenvalue weighted by atomic mass is 10.1. The van der Waals surface area contributed by atoms with Crippen LogP contribution in [-0.4, -0.2) is 30.4 Å². The van der Waals surface area contributed by atoms with E-state index in [1.165, 1.54) is 16.4 Å². The maximum Gasteiger partial charge on any atom is 0.309 e. The second-order valence-electron chi connectivity index (χ2n) is 6.30. The average molecular weight is 368 g/mol. The van der Waals surface area contributed by atoms with Crippen molar-refractivity contribution < 1.29 is 9.72 Å². The summed E-state index contributed by atoms with van der Waals surface area (Å²) in [5.74, 6) is 0.237. The molecule has 0 radical (unpaired) electrons. The Morgan fingerprint density at radius 3 is 2.56 bits per heavy atom. The summed E-state index contributed by atoms with van der Waals surface area (Å²) in [7, 11) is 0. The van der Waals surface area contributed by atoms with E-state index in [0.717, 1.165) is 5.56 Å². The van der Waals surface area contributed by atoms with E-state index >= 15 is 0 Å². The van der Waals surface area contributed by atoms with Gasteiger partial charge >= 0.3 is 5.69 Å². The van der Waals surface area contributed by atoms with Crippen molar-refractivity contribution in [2.24, 2.45) is 0 Å². The fourth-order valence-electron chi connectivity index (χ4n) is 2.62. The average Bonchev–Trinajstić information content (AvgIpc) is 3.21. The van der Waals surface area contributed by atoms with Crippen LogP contribution in [0.2, 0.25) is 0 Å². The SMILES string of the molecule is Cc1ccc(Cn2ccc(NC(=O)CCn3cc([N+](=O)[O-])c(C)n3)n2)cc1. The number of hydrogen-bond donors (Lipinski definition) is 1. The molecule has 0 aliphatic heterocycles. The van der Waals surface area contributed by atoms with E-state index in [4.69, 9.17) is 0 Å². The Labute approximate surface area is 155 Å². The van der Waals surface area contributed by atoms with Crippen LogP contribution >= 0.6 is 0 Å². The van der Waals surface area contributed by atoms with Crippen LogP contribution < -0.4 is 5.32 Å². The van der Waals surface area contributed by atoms with E-state index in [1.807, 2.05) is 31.2 Å². The number of nitrogens with one attached hydrogen (secondary N) is 1. The first-order valence-corrected chi connectivity index (χ1v) is 8.48. The number of amides is 1. The third-order valence-corrected chi connectivity index (χ3v) is 4.06. The quantitative estimate of drug-likeness (QED) is 0.509. The maximum atomic E-state index is 12.1. The zero-order valence-corrected chi connectivity index (χ0v) is 15.1. The molecule has 2 aromatic heterocycles. The highest BCUT2D eigenvalue weighted by Crippen LogP contribution is 2.15. The van der Waals surface area contributed by atoms with Crippen LogP contribution in [0.15, 0.2) is 42.7 Å². The van der Waals surface area contributed by atoms with Gasteiger partial charge in [0.25, 0.3) is 0 Å². The zero-order chi connectivity index (χ0) is 19.4. The highest BCUT2D eigenvalue weighted by Gasteiger charge is 2.15. The molecule has 0 unspecified atom stereocenters. The van der Waals surface area contributed by atoms with Crippen molar-refractivity contribution >= 4 is 17.4 Å². The molecular formula is C18H20N6O3. The number of aryl methyl sites for hydroxylation is 3. The summed E-state index contributed by atoms with van der Waals surface area (Å²) >= 11 is 0. The molecular weight excluding hydrogens is 348 g/mol. The molecule has 3 aromatic rings. The summed E-state index contributed by atoms with van der Waals surface area (Å²) in [6, 6.07) is 9.90. The van der Waals surface area contributed by atoms with Crippen molar-refractivity contribution in [1.82, 2.24) is 19.6 Å². The lowest BCUT2D eigenvalue weighted by Gasteiger charge is -2.04. The third kappa shape index (κ3) is 4.78. The standard InChI is InChI=1S/C18H20N6O3/c1-13-3-5-15(6-4-13)11-22-9-7-17(21-22)19-18(25)8-10-23-12-16(24(26)27)14(2)20-23/h3-7,9,12H,8,10-11H2,1-2H3,(H,19,21,25). The van der Waals surface area contributed by atoms with Gasteiger partial charge < -0.3 is 5.32 Å². The van der Waals surface area contributed by atoms with Crippen LogP contribution in [0.5, 0.6) is 0 Å². The fraction of sp³-hybridized carbons (Fsp3) is 0.278. The van der Waals surface area contributed by atoms with Crippen LogP contribution in [0.3, 0.4) is 0 Å². The van der Waals surface area contributed by atoms with Gasteiger partial charge in [-0.2, -0.15) is 10.2 Å². The van der Waals surface area contributed by atoms with E-state index in [0.29, 0.717) is 18.1 Å². The van der Waals surface area contributed by atoms with Gasteiger partial charge in [0, 0.05) is 25.2 Å². The molecule has 0 saturated carbocycles. The van der Waals surface area contributed by atoms with Crippen LogP contribution in [0.1, 0.15) is 23.2 Å². The number of nitro groups is 1. The van der Waals surface area contributed by atoms with Crippen molar-refractivity contribution in [2.75, 3.05) is 5.32 Å². The van der Waals surface area contributed by atoms with Gasteiger partial charge in [0.2, 0.25) is 5.91 Å². The van der Waals surface area contributed by atoms with E-state index in [-0.39, 0.29) is 24.6 Å². The van der Waals surface area contributed by atoms with Crippen molar-refractivity contribution in [3.05, 3.63) is 69.7 Å². The molecule has 0 saturated heterocycles. The Morgan fingerprint density at radius 2 is 1.89 bits per heavy atom. The molecule has 0 aliphatic carbocycles. The minimum absolute atomic E-state index is 0.0507. The highest BCUT2D eigenvalue weighted by atomic mass is 16.6. The van der Waals surface area contributed by atoms with Crippen molar-refractivity contribution in [3.63, 3.8) is 0 Å². The lowest BCUT2D eigenvalue weighted by molar-refractivity contribution is -0.385. The maximum absolute atomic E-state index is 12.1. The van der Waals surface area contributed by atoms with E-state index in [1.54, 1.807) is 23.9 Å². The molecule has 1 N–H and O–H groups in total. The summed E-state index contributed by atoms with van der Waals surface area (Å²) in [6.07, 6.45) is 3.28. The number of benzene rings is 1. The summed E-state index contributed by atoms with van der Waals surface area (Å²) in [6.45, 7) is 4.47. The Kier molecular flexibility index (Phi) is 5.30. The largest absolute Gasteiger partial charge is 0.309 e. The monoisotopic (exact) mass is 368 g/mol. The minimum Gasteiger partial charge on any atom is -0.309 e. The summed E-state index contributed by atoms with van der Waals surface area (Å²) in [5.41, 5.74) is 2.60. The molecule has 2 heterocycles. The van der Waals surface area contributed by atoms with E-state index in [9.17, 15) is 14.9 Å². The molecule has 0 bridgehead atoms. The molecule has 140 valence electrons. The van der Waals surface area contributed by atoms with Gasteiger partial charge in [-0.3, -0.25) is 24.3 Å². The van der Waals surface area contributed by atoms with Gasteiger partial charge in [0.05, 0.1) is 11.5 Å². The van der Waals surface area contributed by atoms with Gasteiger partial charge in [-0.15, -0.1) is 0 Å². The van der Waals surface area contributed by atoms with E-state index < -0.39 is 4.92 Å². The van der Waals surface area contributed by atoms with Gasteiger partial charge in [0.15, 0.2) is 5.82 Å². The third-order valence-electron chi connectivity index (χ3n) is 4.06. The first kappa shape index (κ1) is 18.3. The molecule has 0 aliphatic rings. The normalized spacial score (nSPS) is 10.7. The summed E-state index contributed by atoms with van der Waals surface area (Å²) in [5, 5.41) is 21.9. The highest BCUT2D eigenvalue weighted by molar-refractivity contribution is 5.89. The van der Waals surface area contributed by atoms with Gasteiger partial charge in [-0.25, -0.2) is 0 Å². The lowest BCUT2D eigenvalue weighted by Crippen LogP contribution is -2.15. The smallest absolute Gasteiger partial charge is 0.309 e. The molecule has 0 spiro atoms. The summed E-state index contributed by atoms with van der Waals surface area (Å²) in [4.78, 5) is 22.4. The molecule has 27 heavy (non-hydrogen) atoms. The van der Waals surface area contributed by atoms with E-state index in [2.05, 4.69) is 15.5 Å². The number of hydrogen-bond acceptors (Lipinski definition) is 5. The Bertz CT molecular complexity index is 958. The molecule has 9 heteroatoms. The molecule has 0 atom stereocenters. The van der Waals surface area contributed by atoms with Crippen LogP contribution in [0, 0.1) is 24.0 Å². The first-order chi connectivity index (χ1) is 12.9. The second-order valence-corrected chi connectivity index (χ2v) is 6.30. The predicted octanol–water partition coefficient (Wildman–Crippen LogP) is 2.68. The topological polar surface area (TPSA) is 108 Å². The first-order valence-electron chi connectivity index (χ1n) is 8.48. The number of nitrogens with zero attached hydrogens (tertiary/aromatic N) is 5. The van der Waals surface area contributed by atoms with Crippen molar-refractivity contribution in [2.45, 2.75) is 33.4 Å². The zero-order valence-electron chi connectivity index (χ0n) is 15.1. The molecule has 0 fully saturated rings. The van der Waals surface area contributed by atoms with Gasteiger partial charge in [0.1, 0.15) is 11.9 Å².